The van der Waals surface area contributed by atoms with E-state index in [0.717, 1.165) is 55.7 Å². The molecule has 2 fully saturated rings. The molecule has 0 radical (unpaired) electrons. The Kier molecular flexibility index (Phi) is 6.16. The van der Waals surface area contributed by atoms with Crippen LogP contribution in [0.4, 0.5) is 11.4 Å². The van der Waals surface area contributed by atoms with E-state index in [1.807, 2.05) is 48.2 Å². The average molecular weight is 418 g/mol. The highest BCUT2D eigenvalue weighted by atomic mass is 16.2. The highest BCUT2D eigenvalue weighted by Crippen LogP contribution is 2.25. The number of rotatable bonds is 5. The second-order valence-corrected chi connectivity index (χ2v) is 8.06. The first-order chi connectivity index (χ1) is 15.0. The normalized spacial score (nSPS) is 16.4. The van der Waals surface area contributed by atoms with Crippen molar-refractivity contribution >= 4 is 35.2 Å². The van der Waals surface area contributed by atoms with Crippen molar-refractivity contribution in [3.8, 4) is 0 Å². The summed E-state index contributed by atoms with van der Waals surface area (Å²) in [5.41, 5.74) is 3.70. The van der Waals surface area contributed by atoms with E-state index in [0.29, 0.717) is 17.7 Å². The number of likely N-dealkylation sites (tertiary alicyclic amines) is 1. The van der Waals surface area contributed by atoms with Crippen LogP contribution < -0.4 is 10.2 Å². The quantitative estimate of drug-likeness (QED) is 0.748. The number of anilines is 2. The van der Waals surface area contributed by atoms with E-state index in [9.17, 15) is 14.4 Å². The van der Waals surface area contributed by atoms with E-state index in [-0.39, 0.29) is 17.7 Å². The van der Waals surface area contributed by atoms with Crippen molar-refractivity contribution in [3.63, 3.8) is 0 Å². The first-order valence-electron chi connectivity index (χ1n) is 10.8. The molecule has 0 aliphatic carbocycles. The topological polar surface area (TPSA) is 69.7 Å². The lowest BCUT2D eigenvalue weighted by Crippen LogP contribution is -2.29. The van der Waals surface area contributed by atoms with E-state index < -0.39 is 0 Å². The zero-order valence-electron chi connectivity index (χ0n) is 17.8. The van der Waals surface area contributed by atoms with Crippen LogP contribution >= 0.6 is 0 Å². The summed E-state index contributed by atoms with van der Waals surface area (Å²) >= 11 is 0. The Bertz CT molecular complexity index is 1020. The molecule has 0 atom stereocenters. The molecule has 2 aromatic rings. The van der Waals surface area contributed by atoms with Gasteiger partial charge in [-0.25, -0.2) is 0 Å². The SMILES string of the molecule is Cc1cccc(C(=O)N2CCCC2)c1NC(=O)/C=C/c1ccc(N2CCCC2=O)cc1. The summed E-state index contributed by atoms with van der Waals surface area (Å²) in [5, 5.41) is 2.89. The van der Waals surface area contributed by atoms with Crippen LogP contribution in [-0.4, -0.2) is 42.3 Å². The Morgan fingerprint density at radius 2 is 1.71 bits per heavy atom. The predicted molar refractivity (Wildman–Crippen MR) is 122 cm³/mol. The largest absolute Gasteiger partial charge is 0.339 e. The number of nitrogens with zero attached hydrogens (tertiary/aromatic N) is 2. The van der Waals surface area contributed by atoms with Crippen LogP contribution in [0.5, 0.6) is 0 Å². The Labute approximate surface area is 182 Å². The van der Waals surface area contributed by atoms with Gasteiger partial charge in [0.1, 0.15) is 0 Å². The van der Waals surface area contributed by atoms with Crippen LogP contribution in [0.15, 0.2) is 48.5 Å². The molecule has 2 aliphatic heterocycles. The lowest BCUT2D eigenvalue weighted by atomic mass is 10.1. The molecule has 0 saturated carbocycles. The lowest BCUT2D eigenvalue weighted by Gasteiger charge is -2.19. The molecule has 2 heterocycles. The van der Waals surface area contributed by atoms with Crippen molar-refractivity contribution in [1.29, 1.82) is 0 Å². The monoisotopic (exact) mass is 417 g/mol. The minimum Gasteiger partial charge on any atom is -0.339 e. The Hall–Kier alpha value is -3.41. The second-order valence-electron chi connectivity index (χ2n) is 8.06. The number of hydrogen-bond donors (Lipinski definition) is 1. The molecule has 0 bridgehead atoms. The van der Waals surface area contributed by atoms with Crippen molar-refractivity contribution in [2.75, 3.05) is 29.9 Å². The molecule has 2 aliphatic rings. The van der Waals surface area contributed by atoms with Gasteiger partial charge in [0.05, 0.1) is 11.3 Å². The van der Waals surface area contributed by atoms with Crippen molar-refractivity contribution in [2.45, 2.75) is 32.6 Å². The molecule has 160 valence electrons. The molecule has 1 N–H and O–H groups in total. The molecule has 3 amide bonds. The third kappa shape index (κ3) is 4.68. The summed E-state index contributed by atoms with van der Waals surface area (Å²) in [4.78, 5) is 40.9. The summed E-state index contributed by atoms with van der Waals surface area (Å²) in [6.07, 6.45) is 6.72. The zero-order chi connectivity index (χ0) is 21.8. The van der Waals surface area contributed by atoms with Gasteiger partial charge in [0, 0.05) is 37.8 Å². The fraction of sp³-hybridized carbons (Fsp3) is 0.320. The minimum atomic E-state index is -0.288. The van der Waals surface area contributed by atoms with E-state index in [1.54, 1.807) is 17.0 Å². The van der Waals surface area contributed by atoms with Crippen LogP contribution in [0.1, 0.15) is 47.2 Å². The molecule has 6 nitrogen and oxygen atoms in total. The van der Waals surface area contributed by atoms with Gasteiger partial charge < -0.3 is 15.1 Å². The van der Waals surface area contributed by atoms with Crippen molar-refractivity contribution in [1.82, 2.24) is 4.90 Å². The minimum absolute atomic E-state index is 0.0347. The number of para-hydroxylation sites is 1. The van der Waals surface area contributed by atoms with Crippen LogP contribution in [0, 0.1) is 6.92 Å². The smallest absolute Gasteiger partial charge is 0.255 e. The maximum absolute atomic E-state index is 12.9. The Balaban J connectivity index is 1.44. The number of benzene rings is 2. The number of nitrogens with one attached hydrogen (secondary N) is 1. The van der Waals surface area contributed by atoms with Crippen molar-refractivity contribution in [3.05, 3.63) is 65.2 Å². The predicted octanol–water partition coefficient (Wildman–Crippen LogP) is 4.01. The summed E-state index contributed by atoms with van der Waals surface area (Å²) < 4.78 is 0. The molecular weight excluding hydrogens is 390 g/mol. The Morgan fingerprint density at radius 3 is 2.39 bits per heavy atom. The van der Waals surface area contributed by atoms with E-state index in [1.165, 1.54) is 6.08 Å². The number of aryl methyl sites for hydroxylation is 1. The van der Waals surface area contributed by atoms with Gasteiger partial charge >= 0.3 is 0 Å². The molecular formula is C25H27N3O3. The van der Waals surface area contributed by atoms with Crippen molar-refractivity contribution < 1.29 is 14.4 Å². The fourth-order valence-corrected chi connectivity index (χ4v) is 4.13. The maximum Gasteiger partial charge on any atom is 0.255 e. The summed E-state index contributed by atoms with van der Waals surface area (Å²) in [5.74, 6) is -0.170. The third-order valence-electron chi connectivity index (χ3n) is 5.85. The molecule has 6 heteroatoms. The number of amides is 3. The van der Waals surface area contributed by atoms with Gasteiger partial charge in [-0.2, -0.15) is 0 Å². The number of carbonyl (C=O) groups is 3. The van der Waals surface area contributed by atoms with Crippen LogP contribution in [0.25, 0.3) is 6.08 Å². The molecule has 31 heavy (non-hydrogen) atoms. The fourth-order valence-electron chi connectivity index (χ4n) is 4.13. The zero-order valence-corrected chi connectivity index (χ0v) is 17.8. The molecule has 0 unspecified atom stereocenters. The van der Waals surface area contributed by atoms with Crippen LogP contribution in [0.2, 0.25) is 0 Å². The lowest BCUT2D eigenvalue weighted by molar-refractivity contribution is -0.117. The summed E-state index contributed by atoms with van der Waals surface area (Å²) in [6, 6.07) is 13.1. The van der Waals surface area contributed by atoms with Gasteiger partial charge in [-0.1, -0.05) is 24.3 Å². The first-order valence-corrected chi connectivity index (χ1v) is 10.8. The van der Waals surface area contributed by atoms with Gasteiger partial charge in [0.15, 0.2) is 0 Å². The Morgan fingerprint density at radius 1 is 0.968 bits per heavy atom. The first kappa shape index (κ1) is 20.8. The van der Waals surface area contributed by atoms with E-state index >= 15 is 0 Å². The summed E-state index contributed by atoms with van der Waals surface area (Å²) in [7, 11) is 0. The standard InChI is InChI=1S/C25H27N3O3/c1-18-6-4-7-21(25(31)27-15-2-3-16-27)24(18)26-22(29)14-11-19-9-12-20(13-10-19)28-17-5-8-23(28)30/h4,6-7,9-14H,2-3,5,8,15-17H2,1H3,(H,26,29)/b14-11+. The maximum atomic E-state index is 12.9. The van der Waals surface area contributed by atoms with E-state index in [4.69, 9.17) is 0 Å². The van der Waals surface area contributed by atoms with Crippen molar-refractivity contribution in [2.24, 2.45) is 0 Å². The number of hydrogen-bond acceptors (Lipinski definition) is 3. The van der Waals surface area contributed by atoms with E-state index in [2.05, 4.69) is 5.32 Å². The third-order valence-corrected chi connectivity index (χ3v) is 5.85. The molecule has 4 rings (SSSR count). The van der Waals surface area contributed by atoms with Gasteiger partial charge in [0.25, 0.3) is 5.91 Å². The highest BCUT2D eigenvalue weighted by Gasteiger charge is 2.23. The van der Waals surface area contributed by atoms with Gasteiger partial charge in [-0.3, -0.25) is 14.4 Å². The summed E-state index contributed by atoms with van der Waals surface area (Å²) in [6.45, 7) is 4.17. The molecule has 2 saturated heterocycles. The molecule has 2 aromatic carbocycles. The van der Waals surface area contributed by atoms with Gasteiger partial charge in [0.2, 0.25) is 11.8 Å². The number of carbonyl (C=O) groups excluding carboxylic acids is 3. The molecule has 0 spiro atoms. The van der Waals surface area contributed by atoms with Crippen LogP contribution in [-0.2, 0) is 9.59 Å². The second kappa shape index (κ2) is 9.16. The van der Waals surface area contributed by atoms with Crippen LogP contribution in [0.3, 0.4) is 0 Å². The van der Waals surface area contributed by atoms with Gasteiger partial charge in [-0.15, -0.1) is 0 Å². The highest BCUT2D eigenvalue weighted by molar-refractivity contribution is 6.08. The van der Waals surface area contributed by atoms with Gasteiger partial charge in [-0.05, 0) is 61.6 Å². The average Bonchev–Trinajstić information content (AvgIpc) is 3.46. The molecule has 0 aromatic heterocycles.